The maximum atomic E-state index is 13.5. The first kappa shape index (κ1) is 100. The number of benzene rings is 6. The van der Waals surface area contributed by atoms with Crippen molar-refractivity contribution in [3.05, 3.63) is 199 Å². The van der Waals surface area contributed by atoms with Gasteiger partial charge in [-0.25, -0.2) is 0 Å². The molecule has 4 aliphatic rings. The van der Waals surface area contributed by atoms with Gasteiger partial charge in [-0.2, -0.15) is 21.0 Å². The average Bonchev–Trinajstić information content (AvgIpc) is 1.58. The van der Waals surface area contributed by atoms with Gasteiger partial charge in [0, 0.05) is 152 Å². The number of Topliss-reactive ketones (excluding diaryl/α,β-unsaturated/α-hetero) is 1. The fourth-order valence-corrected chi connectivity index (χ4v) is 14.2. The number of aliphatic hydroxyl groups is 5. The molecule has 2 fully saturated rings. The number of fused-ring (bicyclic) bond motifs is 6. The summed E-state index contributed by atoms with van der Waals surface area (Å²) in [4.78, 5) is 48.8. The van der Waals surface area contributed by atoms with Gasteiger partial charge < -0.3 is 76.3 Å². The number of anilines is 1. The Morgan fingerprint density at radius 1 is 0.533 bits per heavy atom. The molecule has 0 saturated heterocycles. The molecule has 14 rings (SSSR count). The van der Waals surface area contributed by atoms with Crippen LogP contribution in [0.3, 0.4) is 0 Å². The van der Waals surface area contributed by atoms with Gasteiger partial charge in [0.25, 0.3) is 11.4 Å². The Hall–Kier alpha value is -10.2. The molecule has 0 radical (unpaired) electrons. The number of carbonyl (C=O) groups excluding carboxylic acids is 2. The Bertz CT molecular complexity index is 5600. The Balaban J connectivity index is 0.000000267. The van der Waals surface area contributed by atoms with E-state index in [9.17, 15) is 78.5 Å². The number of nitrogen functional groups attached to an aromatic ring is 1. The monoisotopic (exact) mass is 1880 g/mol. The minimum atomic E-state index is -3.71. The fraction of sp³-hybridized carbons (Fsp3) is 0.414. The third kappa shape index (κ3) is 22.1. The summed E-state index contributed by atoms with van der Waals surface area (Å²) in [6, 6.07) is 38.1. The molecule has 33 heteroatoms. The number of aromatic amines is 1. The Morgan fingerprint density at radius 3 is 1.23 bits per heavy atom. The summed E-state index contributed by atoms with van der Waals surface area (Å²) < 4.78 is 77.0. The topological polar surface area (TPSA) is 410 Å². The van der Waals surface area contributed by atoms with Crippen LogP contribution in [0.25, 0.3) is 43.6 Å². The number of aromatic nitrogens is 4. The second-order valence-electron chi connectivity index (χ2n) is 32.1. The largest absolute Gasteiger partial charge is 0.586 e. The van der Waals surface area contributed by atoms with E-state index in [1.165, 1.54) is 36.4 Å². The summed E-state index contributed by atoms with van der Waals surface area (Å²) >= 11 is 7.62. The van der Waals surface area contributed by atoms with Crippen molar-refractivity contribution in [3.63, 3.8) is 0 Å². The van der Waals surface area contributed by atoms with Gasteiger partial charge in [-0.3, -0.25) is 29.8 Å². The predicted molar refractivity (Wildman–Crippen MR) is 455 cm³/mol. The molecular weight excluding hydrogens is 1780 g/mol. The van der Waals surface area contributed by atoms with E-state index in [2.05, 4.69) is 105 Å². The number of nitrogens with one attached hydrogen (secondary N) is 1. The van der Waals surface area contributed by atoms with E-state index in [4.69, 9.17) is 32.8 Å². The number of alkyl halides is 5. The fourth-order valence-electron chi connectivity index (χ4n) is 13.9. The standard InChI is InChI=1S/C27H26F2N2O4.C15H17N3O3.C15H19N3O.C13H13N3O2.C11H7ClF2O3.C2H5IO.C2H6O.CH4.CH3.Pd/c1-25(2,3)23-14-18-19(15-30)16(4-6-20(18)31(23)10-11-32)12-24(33)26(8-9-26)17-5-7-21-22(13-17)35-27(28,29)34-21;1-15(2,3)14-8-10-11(9-16)13(18(20)21)5-4-12(10)17(14)6-7-19;1-15(2,3)14-8-10-11(9-16)12(17)4-5-13(10)18(14)6-7-19;1-13(2,3)12-6-8-9(7-14)11(16(17)18)5-4-10(8)15-12;12-9(15)10(3-4-10)6-1-2-7-8(5-6)17-11(13,14)16-7;3-1-2-4;1-2-3;;;/h4-7,13-14,32H,8-12H2,1-3H3;4-5,8,19H,6-7H2,1-3H3;4-5,8,19H,6-7,17H2,1-3H3;4-6,15H,1-3H3;1-2,5H,3-4H2;4H,1-2H2;3H,2H2,1H3;1H4;1H3;/q;;;;;;;;-1;. The summed E-state index contributed by atoms with van der Waals surface area (Å²) in [5, 5.41) is 105. The van der Waals surface area contributed by atoms with Crippen molar-refractivity contribution in [3.8, 4) is 47.3 Å². The van der Waals surface area contributed by atoms with Gasteiger partial charge in [-0.05, 0) is 140 Å². The van der Waals surface area contributed by atoms with Crippen LogP contribution >= 0.6 is 34.2 Å². The maximum absolute atomic E-state index is 13.5. The zero-order valence-corrected chi connectivity index (χ0v) is 72.8. The maximum Gasteiger partial charge on any atom is 0.586 e. The summed E-state index contributed by atoms with van der Waals surface area (Å²) in [6.45, 7) is 28.3. The second-order valence-corrected chi connectivity index (χ2v) is 33.5. The quantitative estimate of drug-likeness (QED) is 0.00577. The molecule has 120 heavy (non-hydrogen) atoms. The van der Waals surface area contributed by atoms with Crippen LogP contribution in [0, 0.1) is 73.0 Å². The Labute approximate surface area is 726 Å². The third-order valence-corrected chi connectivity index (χ3v) is 20.7. The number of nitro benzene ring substituents is 2. The molecule has 0 amide bonds. The normalized spacial score (nSPS) is 14.2. The molecule has 2 aliphatic heterocycles. The molecule has 4 aromatic heterocycles. The molecule has 0 spiro atoms. The SMILES string of the molecule is C.CC(C)(C)c1cc2c(C#N)c(CC(=O)C3(c4ccc5c(c4)OC(F)(F)O5)CC3)ccc2n1CCO.CC(C)(C)c1cc2c(C#N)c(N)ccc2n1CCO.CC(C)(C)c1cc2c(C#N)c([N+](=O)[O-])ccc2[nH]1.CC(C)(C)c1cc2c(C#N)c([N+](=O)[O-])ccc2n1CCO.CCO.O=C(Cl)C1(c2ccc3c(c2)OC(F)(F)O3)CC1.OCCI.[CH3-].[Pd]. The molecule has 0 atom stereocenters. The average molecular weight is 1880 g/mol. The van der Waals surface area contributed by atoms with E-state index in [1.807, 2.05) is 99.2 Å². The first-order chi connectivity index (χ1) is 54.8. The number of hydrogen-bond donors (Lipinski definition) is 7. The molecular formula is C87H100ClF4IN11O15Pd-. The first-order valence-corrected chi connectivity index (χ1v) is 39.1. The van der Waals surface area contributed by atoms with Crippen LogP contribution in [-0.4, -0.2) is 115 Å². The molecule has 8 N–H and O–H groups in total. The smallest absolute Gasteiger partial charge is 0.398 e. The Kier molecular flexibility index (Phi) is 33.4. The number of hydrogen-bond acceptors (Lipinski definition) is 20. The number of nitrogens with two attached hydrogens (primary N) is 1. The molecule has 2 aliphatic carbocycles. The van der Waals surface area contributed by atoms with Crippen molar-refractivity contribution < 1.29 is 102 Å². The van der Waals surface area contributed by atoms with Crippen LogP contribution < -0.4 is 24.7 Å². The molecule has 2 saturated carbocycles. The number of rotatable bonds is 15. The van der Waals surface area contributed by atoms with Crippen molar-refractivity contribution in [2.24, 2.45) is 0 Å². The number of nitriles is 4. The van der Waals surface area contributed by atoms with Gasteiger partial charge in [0.15, 0.2) is 23.0 Å². The van der Waals surface area contributed by atoms with Crippen LogP contribution in [0.1, 0.15) is 185 Å². The zero-order chi connectivity index (χ0) is 87.0. The number of H-pyrrole nitrogens is 1. The summed E-state index contributed by atoms with van der Waals surface area (Å²) in [5.41, 5.74) is 14.2. The number of halogens is 6. The van der Waals surface area contributed by atoms with Gasteiger partial charge in [-0.1, -0.05) is 131 Å². The molecule has 26 nitrogen and oxygen atoms in total. The second kappa shape index (κ2) is 40.0. The van der Waals surface area contributed by atoms with Crippen molar-refractivity contribution in [2.75, 3.05) is 43.2 Å². The van der Waals surface area contributed by atoms with Gasteiger partial charge in [0.2, 0.25) is 5.24 Å². The van der Waals surface area contributed by atoms with Gasteiger partial charge in [0.1, 0.15) is 41.2 Å². The van der Waals surface area contributed by atoms with Crippen LogP contribution in [0.4, 0.5) is 34.6 Å². The molecule has 646 valence electrons. The third-order valence-electron chi connectivity index (χ3n) is 19.8. The van der Waals surface area contributed by atoms with Crippen LogP contribution in [-0.2, 0) is 88.6 Å². The predicted octanol–water partition coefficient (Wildman–Crippen LogP) is 17.6. The van der Waals surface area contributed by atoms with E-state index in [0.29, 0.717) is 96.2 Å². The van der Waals surface area contributed by atoms with Crippen molar-refractivity contribution in [1.82, 2.24) is 18.7 Å². The van der Waals surface area contributed by atoms with Gasteiger partial charge in [-0.15, -0.1) is 17.6 Å². The first-order valence-electron chi connectivity index (χ1n) is 37.2. The van der Waals surface area contributed by atoms with Crippen LogP contribution in [0.15, 0.2) is 109 Å². The number of aliphatic hydroxyl groups excluding tert-OH is 5. The van der Waals surface area contributed by atoms with Crippen molar-refractivity contribution in [1.29, 1.82) is 21.0 Å². The minimum absolute atomic E-state index is 0. The van der Waals surface area contributed by atoms with E-state index in [-0.39, 0.29) is 141 Å². The number of nitro groups is 2. The van der Waals surface area contributed by atoms with E-state index < -0.39 is 38.5 Å². The van der Waals surface area contributed by atoms with Crippen molar-refractivity contribution in [2.45, 2.75) is 194 Å². The Morgan fingerprint density at radius 2 is 0.883 bits per heavy atom. The van der Waals surface area contributed by atoms with Gasteiger partial charge >= 0.3 is 12.6 Å². The summed E-state index contributed by atoms with van der Waals surface area (Å²) in [5.74, 6) is -0.287. The van der Waals surface area contributed by atoms with E-state index in [0.717, 1.165) is 60.0 Å². The number of nitrogens with zero attached hydrogens (tertiary/aromatic N) is 9. The number of ether oxygens (including phenoxy) is 4. The molecule has 0 bridgehead atoms. The molecule has 6 heterocycles. The van der Waals surface area contributed by atoms with E-state index in [1.54, 1.807) is 43.3 Å². The van der Waals surface area contributed by atoms with Crippen LogP contribution in [0.5, 0.6) is 23.0 Å². The minimum Gasteiger partial charge on any atom is -0.398 e. The zero-order valence-electron chi connectivity index (χ0n) is 68.3. The van der Waals surface area contributed by atoms with E-state index >= 15 is 0 Å². The molecule has 6 aromatic carbocycles. The molecule has 0 unspecified atom stereocenters. The summed E-state index contributed by atoms with van der Waals surface area (Å²) in [6.07, 6.45) is -4.82. The van der Waals surface area contributed by atoms with Crippen molar-refractivity contribution >= 4 is 106 Å². The van der Waals surface area contributed by atoms with Gasteiger partial charge in [0.05, 0.1) is 69.4 Å². The molecule has 10 aromatic rings. The summed E-state index contributed by atoms with van der Waals surface area (Å²) in [7, 11) is 0. The number of carbonyl (C=O) groups is 2. The number of ketones is 1. The van der Waals surface area contributed by atoms with Crippen LogP contribution in [0.2, 0.25) is 0 Å².